The summed E-state index contributed by atoms with van der Waals surface area (Å²) in [5, 5.41) is 0. The maximum absolute atomic E-state index is 11.8. The van der Waals surface area contributed by atoms with Crippen LogP contribution in [-0.4, -0.2) is 9.97 Å². The first-order valence-corrected chi connectivity index (χ1v) is 7.06. The van der Waals surface area contributed by atoms with Gasteiger partial charge in [-0.1, -0.05) is 13.8 Å². The fraction of sp³-hybridized carbons (Fsp3) is 0.733. The van der Waals surface area contributed by atoms with Gasteiger partial charge in [-0.15, -0.1) is 0 Å². The van der Waals surface area contributed by atoms with Crippen molar-refractivity contribution in [1.29, 1.82) is 0 Å². The van der Waals surface area contributed by atoms with Crippen LogP contribution in [0, 0.1) is 25.7 Å². The highest BCUT2D eigenvalue weighted by molar-refractivity contribution is 5.15. The first kappa shape index (κ1) is 13.3. The molecule has 1 saturated carbocycles. The Morgan fingerprint density at radius 1 is 1.17 bits per heavy atom. The summed E-state index contributed by atoms with van der Waals surface area (Å²) in [6.45, 7) is 8.37. The summed E-state index contributed by atoms with van der Waals surface area (Å²) in [5.41, 5.74) is 1.65. The molecule has 0 atom stereocenters. The zero-order valence-corrected chi connectivity index (χ0v) is 11.9. The third kappa shape index (κ3) is 2.65. The van der Waals surface area contributed by atoms with E-state index in [0.717, 1.165) is 41.8 Å². The fourth-order valence-corrected chi connectivity index (χ4v) is 2.92. The van der Waals surface area contributed by atoms with Crippen molar-refractivity contribution < 1.29 is 0 Å². The van der Waals surface area contributed by atoms with Crippen LogP contribution in [0.1, 0.15) is 62.5 Å². The summed E-state index contributed by atoms with van der Waals surface area (Å²) >= 11 is 0. The van der Waals surface area contributed by atoms with Crippen LogP contribution < -0.4 is 5.56 Å². The highest BCUT2D eigenvalue weighted by atomic mass is 16.1. The number of hydrogen-bond acceptors (Lipinski definition) is 2. The monoisotopic (exact) mass is 248 g/mol. The lowest BCUT2D eigenvalue weighted by Crippen LogP contribution is -2.23. The minimum absolute atomic E-state index is 0.0310. The SMILES string of the molecule is Cc1nc(C2CCC(C(C)C)CC2)[nH]c(=O)c1C. The quantitative estimate of drug-likeness (QED) is 0.872. The molecule has 0 spiro atoms. The highest BCUT2D eigenvalue weighted by Gasteiger charge is 2.25. The van der Waals surface area contributed by atoms with Crippen molar-refractivity contribution in [2.24, 2.45) is 11.8 Å². The number of H-pyrrole nitrogens is 1. The van der Waals surface area contributed by atoms with Gasteiger partial charge >= 0.3 is 0 Å². The Balaban J connectivity index is 2.13. The molecule has 18 heavy (non-hydrogen) atoms. The molecule has 0 radical (unpaired) electrons. The molecule has 1 aromatic heterocycles. The van der Waals surface area contributed by atoms with Crippen LogP contribution in [0.4, 0.5) is 0 Å². The largest absolute Gasteiger partial charge is 0.310 e. The molecule has 1 fully saturated rings. The molecule has 1 aliphatic rings. The van der Waals surface area contributed by atoms with Crippen LogP contribution in [0.2, 0.25) is 0 Å². The van der Waals surface area contributed by atoms with Crippen LogP contribution in [0.3, 0.4) is 0 Å². The maximum atomic E-state index is 11.8. The molecule has 0 aromatic carbocycles. The van der Waals surface area contributed by atoms with Crippen molar-refractivity contribution in [2.45, 2.75) is 59.3 Å². The number of rotatable bonds is 2. The Bertz CT molecular complexity index is 468. The van der Waals surface area contributed by atoms with Gasteiger partial charge in [-0.2, -0.15) is 0 Å². The van der Waals surface area contributed by atoms with Crippen molar-refractivity contribution in [1.82, 2.24) is 9.97 Å². The van der Waals surface area contributed by atoms with E-state index in [1.807, 2.05) is 13.8 Å². The lowest BCUT2D eigenvalue weighted by molar-refractivity contribution is 0.254. The van der Waals surface area contributed by atoms with Crippen LogP contribution in [0.5, 0.6) is 0 Å². The van der Waals surface area contributed by atoms with E-state index in [1.54, 1.807) is 0 Å². The van der Waals surface area contributed by atoms with E-state index < -0.39 is 0 Å². The van der Waals surface area contributed by atoms with Gasteiger partial charge in [0, 0.05) is 17.2 Å². The van der Waals surface area contributed by atoms with E-state index in [2.05, 4.69) is 23.8 Å². The topological polar surface area (TPSA) is 45.8 Å². The fourth-order valence-electron chi connectivity index (χ4n) is 2.92. The first-order valence-electron chi connectivity index (χ1n) is 7.06. The molecular weight excluding hydrogens is 224 g/mol. The molecule has 1 aliphatic carbocycles. The second kappa shape index (κ2) is 5.25. The molecule has 0 unspecified atom stereocenters. The number of nitrogens with zero attached hydrogens (tertiary/aromatic N) is 1. The summed E-state index contributed by atoms with van der Waals surface area (Å²) in [7, 11) is 0. The molecular formula is C15H24N2O. The molecule has 0 saturated heterocycles. The van der Waals surface area contributed by atoms with Gasteiger partial charge in [0.2, 0.25) is 0 Å². The van der Waals surface area contributed by atoms with Gasteiger partial charge in [0.25, 0.3) is 5.56 Å². The van der Waals surface area contributed by atoms with Crippen molar-refractivity contribution in [2.75, 3.05) is 0 Å². The average molecular weight is 248 g/mol. The molecule has 2 rings (SSSR count). The number of hydrogen-bond donors (Lipinski definition) is 1. The van der Waals surface area contributed by atoms with Gasteiger partial charge in [0.15, 0.2) is 0 Å². The average Bonchev–Trinajstić information content (AvgIpc) is 2.35. The minimum atomic E-state index is 0.0310. The summed E-state index contributed by atoms with van der Waals surface area (Å²) in [4.78, 5) is 19.3. The van der Waals surface area contributed by atoms with Crippen LogP contribution in [0.25, 0.3) is 0 Å². The van der Waals surface area contributed by atoms with Crippen LogP contribution >= 0.6 is 0 Å². The Labute approximate surface area is 109 Å². The van der Waals surface area contributed by atoms with Gasteiger partial charge in [-0.3, -0.25) is 4.79 Å². The standard InChI is InChI=1S/C15H24N2O/c1-9(2)12-5-7-13(8-6-12)14-16-11(4)10(3)15(18)17-14/h9,12-13H,5-8H2,1-4H3,(H,16,17,18). The molecule has 0 aliphatic heterocycles. The van der Waals surface area contributed by atoms with Crippen molar-refractivity contribution in [3.8, 4) is 0 Å². The predicted molar refractivity (Wildman–Crippen MR) is 73.9 cm³/mol. The van der Waals surface area contributed by atoms with E-state index in [9.17, 15) is 4.79 Å². The van der Waals surface area contributed by atoms with Crippen molar-refractivity contribution >= 4 is 0 Å². The second-order valence-electron chi connectivity index (χ2n) is 6.02. The zero-order chi connectivity index (χ0) is 13.3. The lowest BCUT2D eigenvalue weighted by atomic mass is 9.76. The Morgan fingerprint density at radius 2 is 1.78 bits per heavy atom. The Hall–Kier alpha value is -1.12. The van der Waals surface area contributed by atoms with Crippen molar-refractivity contribution in [3.05, 3.63) is 27.4 Å². The van der Waals surface area contributed by atoms with Gasteiger partial charge < -0.3 is 4.98 Å². The third-order valence-electron chi connectivity index (χ3n) is 4.51. The summed E-state index contributed by atoms with van der Waals surface area (Å²) < 4.78 is 0. The Morgan fingerprint density at radius 3 is 2.28 bits per heavy atom. The summed E-state index contributed by atoms with van der Waals surface area (Å²) in [6, 6.07) is 0. The van der Waals surface area contributed by atoms with Gasteiger partial charge in [-0.25, -0.2) is 4.98 Å². The van der Waals surface area contributed by atoms with Gasteiger partial charge in [0.1, 0.15) is 5.82 Å². The smallest absolute Gasteiger partial charge is 0.254 e. The van der Waals surface area contributed by atoms with E-state index in [0.29, 0.717) is 5.92 Å². The van der Waals surface area contributed by atoms with E-state index >= 15 is 0 Å². The highest BCUT2D eigenvalue weighted by Crippen LogP contribution is 2.37. The normalized spacial score (nSPS) is 24.5. The second-order valence-corrected chi connectivity index (χ2v) is 6.02. The number of aromatic nitrogens is 2. The van der Waals surface area contributed by atoms with E-state index in [-0.39, 0.29) is 5.56 Å². The molecule has 3 nitrogen and oxygen atoms in total. The van der Waals surface area contributed by atoms with Crippen molar-refractivity contribution in [3.63, 3.8) is 0 Å². The number of aromatic amines is 1. The molecule has 1 aromatic rings. The third-order valence-corrected chi connectivity index (χ3v) is 4.51. The predicted octanol–water partition coefficient (Wildman–Crippen LogP) is 3.32. The lowest BCUT2D eigenvalue weighted by Gasteiger charge is -2.30. The molecule has 3 heteroatoms. The van der Waals surface area contributed by atoms with E-state index in [1.165, 1.54) is 12.8 Å². The molecule has 0 amide bonds. The van der Waals surface area contributed by atoms with Gasteiger partial charge in [-0.05, 0) is 51.4 Å². The molecule has 0 bridgehead atoms. The minimum Gasteiger partial charge on any atom is -0.310 e. The molecule has 1 heterocycles. The van der Waals surface area contributed by atoms with E-state index in [4.69, 9.17) is 0 Å². The van der Waals surface area contributed by atoms with Crippen LogP contribution in [-0.2, 0) is 0 Å². The Kier molecular flexibility index (Phi) is 3.88. The summed E-state index contributed by atoms with van der Waals surface area (Å²) in [5.74, 6) is 2.98. The van der Waals surface area contributed by atoms with Gasteiger partial charge in [0.05, 0.1) is 0 Å². The van der Waals surface area contributed by atoms with Crippen LogP contribution in [0.15, 0.2) is 4.79 Å². The number of aryl methyl sites for hydroxylation is 1. The zero-order valence-electron chi connectivity index (χ0n) is 11.9. The molecule has 100 valence electrons. The first-order chi connectivity index (χ1) is 8.49. The maximum Gasteiger partial charge on any atom is 0.254 e. The molecule has 1 N–H and O–H groups in total. The number of nitrogens with one attached hydrogen (secondary N) is 1. The summed E-state index contributed by atoms with van der Waals surface area (Å²) in [6.07, 6.45) is 4.85.